The van der Waals surface area contributed by atoms with Crippen molar-refractivity contribution in [2.24, 2.45) is 0 Å². The average molecular weight is 503 g/mol. The molecule has 1 N–H and O–H groups in total. The molecule has 34 heavy (non-hydrogen) atoms. The third kappa shape index (κ3) is 6.01. The fourth-order valence-corrected chi connectivity index (χ4v) is 4.51. The normalized spacial score (nSPS) is 12.0. The van der Waals surface area contributed by atoms with E-state index in [1.165, 1.54) is 30.7 Å². The molecule has 0 aliphatic carbocycles. The second kappa shape index (κ2) is 10.8. The molecule has 1 amide bonds. The second-order valence-electron chi connectivity index (χ2n) is 7.73. The molecule has 9 heteroatoms. The number of nitrogens with one attached hydrogen (secondary N) is 1. The Balaban J connectivity index is 2.07. The van der Waals surface area contributed by atoms with Crippen LogP contribution in [-0.4, -0.2) is 34.8 Å². The number of ether oxygens (including phenoxy) is 2. The molecule has 0 saturated heterocycles. The van der Waals surface area contributed by atoms with Crippen LogP contribution >= 0.6 is 11.6 Å². The number of carbonyl (C=O) groups is 1. The average Bonchev–Trinajstić information content (AvgIpc) is 2.82. The summed E-state index contributed by atoms with van der Waals surface area (Å²) in [6, 6.07) is 18.9. The van der Waals surface area contributed by atoms with Crippen LogP contribution in [0, 0.1) is 0 Å². The van der Waals surface area contributed by atoms with E-state index in [4.69, 9.17) is 21.1 Å². The lowest BCUT2D eigenvalue weighted by Crippen LogP contribution is -2.33. The zero-order valence-corrected chi connectivity index (χ0v) is 21.0. The molecule has 3 rings (SSSR count). The van der Waals surface area contributed by atoms with E-state index in [1.807, 2.05) is 49.4 Å². The third-order valence-electron chi connectivity index (χ3n) is 5.30. The van der Waals surface area contributed by atoms with E-state index in [2.05, 4.69) is 5.32 Å². The molecular formula is C25H27ClN2O5S. The van der Waals surface area contributed by atoms with Crippen molar-refractivity contribution >= 4 is 33.2 Å². The summed E-state index contributed by atoms with van der Waals surface area (Å²) in [6.45, 7) is 1.88. The van der Waals surface area contributed by atoms with Gasteiger partial charge in [-0.25, -0.2) is 8.42 Å². The zero-order chi connectivity index (χ0) is 24.9. The highest BCUT2D eigenvalue weighted by atomic mass is 35.5. The number of hydrogen-bond acceptors (Lipinski definition) is 5. The highest BCUT2D eigenvalue weighted by Crippen LogP contribution is 2.37. The van der Waals surface area contributed by atoms with Crippen molar-refractivity contribution in [3.63, 3.8) is 0 Å². The first kappa shape index (κ1) is 25.4. The fourth-order valence-electron chi connectivity index (χ4n) is 3.50. The third-order valence-corrected chi connectivity index (χ3v) is 6.68. The van der Waals surface area contributed by atoms with Crippen molar-refractivity contribution in [1.29, 1.82) is 0 Å². The van der Waals surface area contributed by atoms with Crippen molar-refractivity contribution in [2.75, 3.05) is 24.8 Å². The summed E-state index contributed by atoms with van der Waals surface area (Å²) >= 11 is 5.97. The van der Waals surface area contributed by atoms with Gasteiger partial charge in [0.15, 0.2) is 11.5 Å². The Bertz CT molecular complexity index is 1250. The summed E-state index contributed by atoms with van der Waals surface area (Å²) in [5.41, 5.74) is 1.94. The highest BCUT2D eigenvalue weighted by molar-refractivity contribution is 7.92. The van der Waals surface area contributed by atoms with Gasteiger partial charge in [-0.15, -0.1) is 0 Å². The van der Waals surface area contributed by atoms with Gasteiger partial charge >= 0.3 is 0 Å². The van der Waals surface area contributed by atoms with Crippen molar-refractivity contribution in [3.8, 4) is 11.5 Å². The fraction of sp³-hybridized carbons (Fsp3) is 0.240. The van der Waals surface area contributed by atoms with Crippen molar-refractivity contribution in [3.05, 3.63) is 88.4 Å². The van der Waals surface area contributed by atoms with E-state index >= 15 is 0 Å². The Hall–Kier alpha value is -3.23. The number of amides is 1. The minimum atomic E-state index is -3.76. The van der Waals surface area contributed by atoms with Crippen molar-refractivity contribution in [2.45, 2.75) is 19.5 Å². The summed E-state index contributed by atoms with van der Waals surface area (Å²) in [5.74, 6) is 0.158. The zero-order valence-electron chi connectivity index (χ0n) is 19.4. The highest BCUT2D eigenvalue weighted by Gasteiger charge is 2.27. The van der Waals surface area contributed by atoms with E-state index in [0.717, 1.165) is 17.4 Å². The molecule has 0 heterocycles. The minimum absolute atomic E-state index is 0.0438. The summed E-state index contributed by atoms with van der Waals surface area (Å²) in [7, 11) is -0.857. The molecule has 0 aromatic heterocycles. The van der Waals surface area contributed by atoms with Gasteiger partial charge in [0.05, 0.1) is 44.3 Å². The number of sulfonamides is 1. The second-order valence-corrected chi connectivity index (χ2v) is 10.1. The van der Waals surface area contributed by atoms with Crippen LogP contribution in [0.1, 0.15) is 34.5 Å². The van der Waals surface area contributed by atoms with Gasteiger partial charge in [0.1, 0.15) is 0 Å². The van der Waals surface area contributed by atoms with E-state index in [1.54, 1.807) is 12.1 Å². The van der Waals surface area contributed by atoms with Gasteiger partial charge in [-0.3, -0.25) is 9.10 Å². The number of halogens is 1. The van der Waals surface area contributed by atoms with Crippen molar-refractivity contribution < 1.29 is 22.7 Å². The molecule has 1 unspecified atom stereocenters. The molecule has 3 aromatic carbocycles. The number of rotatable bonds is 9. The molecule has 0 aliphatic rings. The molecule has 0 spiro atoms. The molecule has 0 fully saturated rings. The lowest BCUT2D eigenvalue weighted by atomic mass is 10.1. The van der Waals surface area contributed by atoms with Gasteiger partial charge in [-0.05, 0) is 36.2 Å². The van der Waals surface area contributed by atoms with Gasteiger partial charge in [-0.2, -0.15) is 0 Å². The molecule has 0 saturated carbocycles. The first-order chi connectivity index (χ1) is 16.1. The van der Waals surface area contributed by atoms with Gasteiger partial charge in [0.2, 0.25) is 10.0 Å². The van der Waals surface area contributed by atoms with Gasteiger partial charge in [0.25, 0.3) is 5.91 Å². The van der Waals surface area contributed by atoms with Crippen LogP contribution in [0.5, 0.6) is 11.5 Å². The van der Waals surface area contributed by atoms with Crippen LogP contribution in [0.25, 0.3) is 0 Å². The van der Waals surface area contributed by atoms with Crippen LogP contribution in [-0.2, 0) is 16.6 Å². The van der Waals surface area contributed by atoms with E-state index in [-0.39, 0.29) is 23.8 Å². The molecule has 3 aromatic rings. The topological polar surface area (TPSA) is 84.9 Å². The number of hydrogen-bond donors (Lipinski definition) is 1. The minimum Gasteiger partial charge on any atom is -0.493 e. The lowest BCUT2D eigenvalue weighted by molar-refractivity contribution is 0.0940. The lowest BCUT2D eigenvalue weighted by Gasteiger charge is -2.26. The maximum atomic E-state index is 13.4. The standard InChI is InChI=1S/C25H27ClN2O5S/c1-17(19-10-12-20(26)13-11-19)27-25(29)21-14-23(32-2)24(33-3)15-22(21)28(34(4,30)31)16-18-8-6-5-7-9-18/h5-15,17H,16H2,1-4H3,(H,27,29). The maximum Gasteiger partial charge on any atom is 0.254 e. The van der Waals surface area contributed by atoms with E-state index in [0.29, 0.717) is 16.5 Å². The summed E-state index contributed by atoms with van der Waals surface area (Å²) < 4.78 is 37.7. The largest absolute Gasteiger partial charge is 0.493 e. The monoisotopic (exact) mass is 502 g/mol. The number of methoxy groups -OCH3 is 2. The van der Waals surface area contributed by atoms with Crippen LogP contribution < -0.4 is 19.1 Å². The SMILES string of the molecule is COc1cc(C(=O)NC(C)c2ccc(Cl)cc2)c(N(Cc2ccccc2)S(C)(=O)=O)cc1OC. The smallest absolute Gasteiger partial charge is 0.254 e. The Morgan fingerprint density at radius 3 is 2.15 bits per heavy atom. The van der Waals surface area contributed by atoms with Gasteiger partial charge in [-0.1, -0.05) is 54.1 Å². The summed E-state index contributed by atoms with van der Waals surface area (Å²) in [4.78, 5) is 13.4. The van der Waals surface area contributed by atoms with Gasteiger partial charge in [0, 0.05) is 11.1 Å². The molecule has 1 atom stereocenters. The first-order valence-corrected chi connectivity index (χ1v) is 12.7. The molecule has 0 radical (unpaired) electrons. The first-order valence-electron chi connectivity index (χ1n) is 10.5. The van der Waals surface area contributed by atoms with Crippen molar-refractivity contribution in [1.82, 2.24) is 5.32 Å². The Morgan fingerprint density at radius 1 is 1.00 bits per heavy atom. The predicted molar refractivity (Wildman–Crippen MR) is 134 cm³/mol. The number of nitrogens with zero attached hydrogens (tertiary/aromatic N) is 1. The summed E-state index contributed by atoms with van der Waals surface area (Å²) in [6.07, 6.45) is 1.10. The predicted octanol–water partition coefficient (Wildman–Crippen LogP) is 4.81. The molecular weight excluding hydrogens is 476 g/mol. The number of anilines is 1. The Kier molecular flexibility index (Phi) is 8.06. The van der Waals surface area contributed by atoms with Crippen LogP contribution in [0.2, 0.25) is 5.02 Å². The van der Waals surface area contributed by atoms with Crippen LogP contribution in [0.3, 0.4) is 0 Å². The maximum absolute atomic E-state index is 13.4. The molecule has 0 bridgehead atoms. The van der Waals surface area contributed by atoms with E-state index in [9.17, 15) is 13.2 Å². The van der Waals surface area contributed by atoms with Crippen LogP contribution in [0.15, 0.2) is 66.7 Å². The number of benzene rings is 3. The Morgan fingerprint density at radius 2 is 1.59 bits per heavy atom. The van der Waals surface area contributed by atoms with E-state index < -0.39 is 15.9 Å². The summed E-state index contributed by atoms with van der Waals surface area (Å²) in [5, 5.41) is 3.52. The molecule has 7 nitrogen and oxygen atoms in total. The molecule has 0 aliphatic heterocycles. The van der Waals surface area contributed by atoms with Gasteiger partial charge < -0.3 is 14.8 Å². The Labute approximate surface area is 205 Å². The van der Waals surface area contributed by atoms with Crippen LogP contribution in [0.4, 0.5) is 5.69 Å². The quantitative estimate of drug-likeness (QED) is 0.453. The molecule has 180 valence electrons. The number of carbonyl (C=O) groups excluding carboxylic acids is 1.